The zero-order chi connectivity index (χ0) is 17.5. The van der Waals surface area contributed by atoms with Gasteiger partial charge in [0.15, 0.2) is 6.10 Å². The summed E-state index contributed by atoms with van der Waals surface area (Å²) in [5.41, 5.74) is 3.22. The van der Waals surface area contributed by atoms with Gasteiger partial charge in [0.05, 0.1) is 0 Å². The quantitative estimate of drug-likeness (QED) is 0.414. The Labute approximate surface area is 155 Å². The molecule has 6 heteroatoms. The number of hydrogen-bond donors (Lipinski definition) is 1. The van der Waals surface area contributed by atoms with E-state index in [1.165, 1.54) is 0 Å². The van der Waals surface area contributed by atoms with Gasteiger partial charge in [0, 0.05) is 9.28 Å². The highest BCUT2D eigenvalue weighted by atomic mass is 127. The van der Waals surface area contributed by atoms with Crippen LogP contribution < -0.4 is 14.9 Å². The first-order valence-corrected chi connectivity index (χ1v) is 8.53. The summed E-state index contributed by atoms with van der Waals surface area (Å²) in [6.45, 7) is 5.28. The van der Waals surface area contributed by atoms with Gasteiger partial charge in [-0.05, 0) is 91.9 Å². The Kier molecular flexibility index (Phi) is 6.60. The third-order valence-electron chi connectivity index (χ3n) is 2.94. The largest absolute Gasteiger partial charge is 0.481 e. The van der Waals surface area contributed by atoms with E-state index in [4.69, 9.17) is 9.47 Å². The van der Waals surface area contributed by atoms with Crippen LogP contribution in [0.4, 0.5) is 0 Å². The van der Waals surface area contributed by atoms with Crippen LogP contribution in [0.3, 0.4) is 0 Å². The second-order valence-electron chi connectivity index (χ2n) is 5.32. The van der Waals surface area contributed by atoms with E-state index in [1.807, 2.05) is 24.3 Å². The lowest BCUT2D eigenvalue weighted by molar-refractivity contribution is -0.127. The molecule has 5 nitrogen and oxygen atoms in total. The molecule has 0 aliphatic heterocycles. The third kappa shape index (κ3) is 5.84. The molecule has 0 aromatic heterocycles. The van der Waals surface area contributed by atoms with Gasteiger partial charge in [-0.15, -0.1) is 0 Å². The molecule has 1 N–H and O–H groups in total. The van der Waals surface area contributed by atoms with E-state index in [-0.39, 0.29) is 5.91 Å². The van der Waals surface area contributed by atoms with E-state index in [1.54, 1.807) is 45.0 Å². The fourth-order valence-corrected chi connectivity index (χ4v) is 2.10. The third-order valence-corrected chi connectivity index (χ3v) is 3.66. The number of nitrogens with one attached hydrogen (secondary N) is 1. The van der Waals surface area contributed by atoms with Crippen LogP contribution in [-0.2, 0) is 4.79 Å². The minimum Gasteiger partial charge on any atom is -0.481 e. The molecule has 1 unspecified atom stereocenters. The van der Waals surface area contributed by atoms with E-state index < -0.39 is 6.10 Å². The SMILES string of the molecule is CC(C)=NNC(=O)C(C)Oc1ccc(Oc2ccc(I)cc2)cc1. The number of ether oxygens (including phenoxy) is 2. The van der Waals surface area contributed by atoms with Gasteiger partial charge in [0.2, 0.25) is 0 Å². The molecule has 2 aromatic carbocycles. The van der Waals surface area contributed by atoms with Crippen LogP contribution in [0.5, 0.6) is 17.2 Å². The number of rotatable bonds is 6. The first kappa shape index (κ1) is 18.3. The number of benzene rings is 2. The van der Waals surface area contributed by atoms with Crippen molar-refractivity contribution in [2.24, 2.45) is 5.10 Å². The summed E-state index contributed by atoms with van der Waals surface area (Å²) in [6, 6.07) is 14.9. The van der Waals surface area contributed by atoms with Crippen molar-refractivity contribution < 1.29 is 14.3 Å². The van der Waals surface area contributed by atoms with Gasteiger partial charge in [-0.25, -0.2) is 5.43 Å². The number of carbonyl (C=O) groups is 1. The molecule has 0 bridgehead atoms. The fraction of sp³-hybridized carbons (Fsp3) is 0.222. The molecule has 0 spiro atoms. The van der Waals surface area contributed by atoms with Gasteiger partial charge >= 0.3 is 0 Å². The Balaban J connectivity index is 1.92. The number of hydrazone groups is 1. The Morgan fingerprint density at radius 3 is 2.04 bits per heavy atom. The topological polar surface area (TPSA) is 59.9 Å². The summed E-state index contributed by atoms with van der Waals surface area (Å²) < 4.78 is 12.5. The molecule has 2 rings (SSSR count). The zero-order valence-electron chi connectivity index (χ0n) is 13.7. The van der Waals surface area contributed by atoms with Gasteiger partial charge in [0.25, 0.3) is 5.91 Å². The zero-order valence-corrected chi connectivity index (χ0v) is 15.9. The Morgan fingerprint density at radius 2 is 1.50 bits per heavy atom. The molecule has 0 saturated carbocycles. The lowest BCUT2D eigenvalue weighted by Crippen LogP contribution is -2.33. The predicted molar refractivity (Wildman–Crippen MR) is 103 cm³/mol. The van der Waals surface area contributed by atoms with Crippen molar-refractivity contribution in [3.05, 3.63) is 52.1 Å². The summed E-state index contributed by atoms with van der Waals surface area (Å²) in [6.07, 6.45) is -0.643. The van der Waals surface area contributed by atoms with Crippen molar-refractivity contribution in [2.45, 2.75) is 26.9 Å². The van der Waals surface area contributed by atoms with Gasteiger partial charge in [-0.1, -0.05) is 0 Å². The number of halogens is 1. The first-order chi connectivity index (χ1) is 11.4. The lowest BCUT2D eigenvalue weighted by atomic mass is 10.3. The minimum absolute atomic E-state index is 0.296. The Bertz CT molecular complexity index is 708. The maximum atomic E-state index is 11.8. The minimum atomic E-state index is -0.643. The van der Waals surface area contributed by atoms with Crippen molar-refractivity contribution in [3.63, 3.8) is 0 Å². The molecule has 1 amide bonds. The molecular weight excluding hydrogens is 419 g/mol. The molecule has 0 fully saturated rings. The maximum Gasteiger partial charge on any atom is 0.280 e. The Hall–Kier alpha value is -2.09. The van der Waals surface area contributed by atoms with Crippen LogP contribution in [0.1, 0.15) is 20.8 Å². The van der Waals surface area contributed by atoms with Crippen LogP contribution in [0, 0.1) is 3.57 Å². The predicted octanol–water partition coefficient (Wildman–Crippen LogP) is 4.36. The van der Waals surface area contributed by atoms with Crippen LogP contribution in [0.25, 0.3) is 0 Å². The second kappa shape index (κ2) is 8.68. The summed E-state index contributed by atoms with van der Waals surface area (Å²) in [5.74, 6) is 1.76. The number of nitrogens with zero attached hydrogens (tertiary/aromatic N) is 1. The first-order valence-electron chi connectivity index (χ1n) is 7.45. The van der Waals surface area contributed by atoms with Crippen molar-refractivity contribution in [1.29, 1.82) is 0 Å². The lowest BCUT2D eigenvalue weighted by Gasteiger charge is -2.13. The molecular formula is C18H19IN2O3. The highest BCUT2D eigenvalue weighted by molar-refractivity contribution is 14.1. The van der Waals surface area contributed by atoms with Crippen LogP contribution in [0.15, 0.2) is 53.6 Å². The molecule has 0 aliphatic rings. The number of amides is 1. The summed E-state index contributed by atoms with van der Waals surface area (Å²) >= 11 is 2.24. The highest BCUT2D eigenvalue weighted by Crippen LogP contribution is 2.24. The van der Waals surface area contributed by atoms with Crippen LogP contribution in [-0.4, -0.2) is 17.7 Å². The molecule has 0 aliphatic carbocycles. The molecule has 0 saturated heterocycles. The van der Waals surface area contributed by atoms with E-state index in [0.29, 0.717) is 11.5 Å². The van der Waals surface area contributed by atoms with Gasteiger partial charge in [0.1, 0.15) is 17.2 Å². The molecule has 0 heterocycles. The molecule has 0 radical (unpaired) electrons. The molecule has 2 aromatic rings. The van der Waals surface area contributed by atoms with E-state index in [0.717, 1.165) is 15.0 Å². The van der Waals surface area contributed by atoms with Crippen LogP contribution >= 0.6 is 22.6 Å². The summed E-state index contributed by atoms with van der Waals surface area (Å²) in [7, 11) is 0. The van der Waals surface area contributed by atoms with Crippen molar-refractivity contribution in [1.82, 2.24) is 5.43 Å². The fourth-order valence-electron chi connectivity index (χ4n) is 1.74. The monoisotopic (exact) mass is 438 g/mol. The average molecular weight is 438 g/mol. The summed E-state index contributed by atoms with van der Waals surface area (Å²) in [4.78, 5) is 11.8. The summed E-state index contributed by atoms with van der Waals surface area (Å²) in [5, 5.41) is 3.87. The second-order valence-corrected chi connectivity index (χ2v) is 6.57. The standard InChI is InChI=1S/C18H19IN2O3/c1-12(2)20-21-18(22)13(3)23-15-8-10-17(11-9-15)24-16-6-4-14(19)5-7-16/h4-11,13H,1-3H3,(H,21,22). The number of carbonyl (C=O) groups excluding carboxylic acids is 1. The molecule has 126 valence electrons. The smallest absolute Gasteiger partial charge is 0.280 e. The average Bonchev–Trinajstić information content (AvgIpc) is 2.56. The molecule has 24 heavy (non-hydrogen) atoms. The van der Waals surface area contributed by atoms with Crippen molar-refractivity contribution in [3.8, 4) is 17.2 Å². The van der Waals surface area contributed by atoms with Gasteiger partial charge in [-0.3, -0.25) is 4.79 Å². The van der Waals surface area contributed by atoms with E-state index in [9.17, 15) is 4.79 Å². The van der Waals surface area contributed by atoms with Crippen molar-refractivity contribution >= 4 is 34.2 Å². The normalized spacial score (nSPS) is 11.3. The maximum absolute atomic E-state index is 11.8. The van der Waals surface area contributed by atoms with Crippen LogP contribution in [0.2, 0.25) is 0 Å². The van der Waals surface area contributed by atoms with E-state index in [2.05, 4.69) is 33.1 Å². The highest BCUT2D eigenvalue weighted by Gasteiger charge is 2.14. The Morgan fingerprint density at radius 1 is 1.00 bits per heavy atom. The van der Waals surface area contributed by atoms with E-state index >= 15 is 0 Å². The number of hydrogen-bond acceptors (Lipinski definition) is 4. The van der Waals surface area contributed by atoms with Gasteiger partial charge < -0.3 is 9.47 Å². The van der Waals surface area contributed by atoms with Crippen molar-refractivity contribution in [2.75, 3.05) is 0 Å². The van der Waals surface area contributed by atoms with Gasteiger partial charge in [-0.2, -0.15) is 5.10 Å². The molecule has 1 atom stereocenters.